The minimum atomic E-state index is 0.242. The molecule has 1 heterocycles. The topological polar surface area (TPSA) is 37.8 Å². The third-order valence-corrected chi connectivity index (χ3v) is 1.94. The third kappa shape index (κ3) is 3.26. The van der Waals surface area contributed by atoms with Gasteiger partial charge in [-0.25, -0.2) is 0 Å². The molecule has 1 aromatic heterocycles. The van der Waals surface area contributed by atoms with Gasteiger partial charge in [0.15, 0.2) is 0 Å². The van der Waals surface area contributed by atoms with Crippen LogP contribution in [0.2, 0.25) is 0 Å². The maximum absolute atomic E-state index is 4.28. The van der Waals surface area contributed by atoms with Crippen molar-refractivity contribution in [2.45, 2.75) is 26.3 Å². The van der Waals surface area contributed by atoms with Gasteiger partial charge in [-0.1, -0.05) is 12.5 Å². The van der Waals surface area contributed by atoms with Crippen LogP contribution in [-0.2, 0) is 0 Å². The van der Waals surface area contributed by atoms with Crippen LogP contribution < -0.4 is 5.32 Å². The number of nitrogens with zero attached hydrogens (tertiary/aromatic N) is 2. The van der Waals surface area contributed by atoms with E-state index in [9.17, 15) is 0 Å². The monoisotopic (exact) mass is 191 g/mol. The number of aromatic nitrogens is 2. The van der Waals surface area contributed by atoms with E-state index in [-0.39, 0.29) is 6.04 Å². The predicted molar refractivity (Wildman–Crippen MR) is 57.9 cm³/mol. The second-order valence-electron chi connectivity index (χ2n) is 3.40. The van der Waals surface area contributed by atoms with Gasteiger partial charge in [-0.3, -0.25) is 9.97 Å². The fourth-order valence-electron chi connectivity index (χ4n) is 1.37. The van der Waals surface area contributed by atoms with Crippen LogP contribution in [0.1, 0.15) is 32.0 Å². The summed E-state index contributed by atoms with van der Waals surface area (Å²) >= 11 is 0. The molecule has 3 heteroatoms. The first kappa shape index (κ1) is 10.9. The molecule has 0 spiro atoms. The quantitative estimate of drug-likeness (QED) is 0.724. The van der Waals surface area contributed by atoms with Gasteiger partial charge < -0.3 is 5.32 Å². The smallest absolute Gasteiger partial charge is 0.0759 e. The predicted octanol–water partition coefficient (Wildman–Crippen LogP) is 2.09. The maximum Gasteiger partial charge on any atom is 0.0759 e. The summed E-state index contributed by atoms with van der Waals surface area (Å²) in [5.41, 5.74) is 2.14. The van der Waals surface area contributed by atoms with E-state index in [0.29, 0.717) is 0 Å². The Morgan fingerprint density at radius 3 is 2.86 bits per heavy atom. The highest BCUT2D eigenvalue weighted by Crippen LogP contribution is 2.16. The molecule has 1 unspecified atom stereocenters. The van der Waals surface area contributed by atoms with Gasteiger partial charge >= 0.3 is 0 Å². The van der Waals surface area contributed by atoms with Crippen LogP contribution in [0.4, 0.5) is 0 Å². The van der Waals surface area contributed by atoms with Gasteiger partial charge in [0.05, 0.1) is 11.7 Å². The van der Waals surface area contributed by atoms with E-state index in [1.165, 1.54) is 0 Å². The molecule has 76 valence electrons. The van der Waals surface area contributed by atoms with Crippen molar-refractivity contribution < 1.29 is 0 Å². The molecule has 3 nitrogen and oxygen atoms in total. The van der Waals surface area contributed by atoms with Crippen molar-refractivity contribution in [2.75, 3.05) is 6.54 Å². The van der Waals surface area contributed by atoms with Crippen molar-refractivity contribution in [3.63, 3.8) is 0 Å². The summed E-state index contributed by atoms with van der Waals surface area (Å²) < 4.78 is 0. The van der Waals surface area contributed by atoms with Crippen LogP contribution in [0, 0.1) is 0 Å². The SMILES string of the molecule is C=C(C)CC(NCC)c1cnccn1. The summed E-state index contributed by atoms with van der Waals surface area (Å²) in [7, 11) is 0. The van der Waals surface area contributed by atoms with E-state index in [4.69, 9.17) is 0 Å². The van der Waals surface area contributed by atoms with Gasteiger partial charge in [0.25, 0.3) is 0 Å². The average Bonchev–Trinajstić information content (AvgIpc) is 2.18. The van der Waals surface area contributed by atoms with Gasteiger partial charge in [-0.2, -0.15) is 0 Å². The summed E-state index contributed by atoms with van der Waals surface area (Å²) in [6.45, 7) is 8.95. The second kappa shape index (κ2) is 5.50. The maximum atomic E-state index is 4.28. The zero-order chi connectivity index (χ0) is 10.4. The molecular weight excluding hydrogens is 174 g/mol. The highest BCUT2D eigenvalue weighted by molar-refractivity contribution is 5.07. The van der Waals surface area contributed by atoms with Crippen LogP contribution in [0.15, 0.2) is 30.7 Å². The normalized spacial score (nSPS) is 12.4. The lowest BCUT2D eigenvalue weighted by molar-refractivity contribution is 0.533. The highest BCUT2D eigenvalue weighted by atomic mass is 14.9. The van der Waals surface area contributed by atoms with Gasteiger partial charge in [0.2, 0.25) is 0 Å². The number of nitrogens with one attached hydrogen (secondary N) is 1. The molecule has 0 aliphatic carbocycles. The molecule has 1 rings (SSSR count). The molecule has 0 radical (unpaired) electrons. The van der Waals surface area contributed by atoms with Crippen LogP contribution in [0.25, 0.3) is 0 Å². The fraction of sp³-hybridized carbons (Fsp3) is 0.455. The molecule has 0 aromatic carbocycles. The van der Waals surface area contributed by atoms with Gasteiger partial charge in [-0.05, 0) is 19.9 Å². The number of rotatable bonds is 5. The van der Waals surface area contributed by atoms with Crippen molar-refractivity contribution in [3.8, 4) is 0 Å². The molecule has 0 saturated carbocycles. The largest absolute Gasteiger partial charge is 0.309 e. The van der Waals surface area contributed by atoms with Crippen LogP contribution in [0.3, 0.4) is 0 Å². The first-order chi connectivity index (χ1) is 6.74. The second-order valence-corrected chi connectivity index (χ2v) is 3.40. The Bertz CT molecular complexity index is 282. The number of hydrogen-bond acceptors (Lipinski definition) is 3. The van der Waals surface area contributed by atoms with Crippen LogP contribution >= 0.6 is 0 Å². The van der Waals surface area contributed by atoms with E-state index >= 15 is 0 Å². The van der Waals surface area contributed by atoms with Crippen molar-refractivity contribution in [2.24, 2.45) is 0 Å². The Morgan fingerprint density at radius 2 is 2.36 bits per heavy atom. The third-order valence-electron chi connectivity index (χ3n) is 1.94. The lowest BCUT2D eigenvalue weighted by Gasteiger charge is -2.16. The molecule has 0 bridgehead atoms. The standard InChI is InChI=1S/C11H17N3/c1-4-13-10(7-9(2)3)11-8-12-5-6-14-11/h5-6,8,10,13H,2,4,7H2,1,3H3. The van der Waals surface area contributed by atoms with Crippen molar-refractivity contribution in [3.05, 3.63) is 36.4 Å². The lowest BCUT2D eigenvalue weighted by Crippen LogP contribution is -2.22. The Balaban J connectivity index is 2.72. The summed E-state index contributed by atoms with van der Waals surface area (Å²) in [5.74, 6) is 0. The van der Waals surface area contributed by atoms with E-state index < -0.39 is 0 Å². The fourth-order valence-corrected chi connectivity index (χ4v) is 1.37. The van der Waals surface area contributed by atoms with Crippen molar-refractivity contribution in [1.29, 1.82) is 0 Å². The number of hydrogen-bond donors (Lipinski definition) is 1. The van der Waals surface area contributed by atoms with E-state index in [2.05, 4.69) is 28.8 Å². The molecule has 0 aliphatic rings. The summed E-state index contributed by atoms with van der Waals surface area (Å²) in [4.78, 5) is 8.35. The van der Waals surface area contributed by atoms with Crippen LogP contribution in [0.5, 0.6) is 0 Å². The first-order valence-corrected chi connectivity index (χ1v) is 4.87. The zero-order valence-electron chi connectivity index (χ0n) is 8.83. The van der Waals surface area contributed by atoms with Crippen LogP contribution in [-0.4, -0.2) is 16.5 Å². The molecule has 0 fully saturated rings. The van der Waals surface area contributed by atoms with Gasteiger partial charge in [-0.15, -0.1) is 6.58 Å². The molecular formula is C11H17N3. The first-order valence-electron chi connectivity index (χ1n) is 4.87. The molecule has 0 amide bonds. The molecule has 1 aromatic rings. The Kier molecular flexibility index (Phi) is 4.26. The molecule has 0 saturated heterocycles. The molecule has 0 aliphatic heterocycles. The highest BCUT2D eigenvalue weighted by Gasteiger charge is 2.10. The molecule has 1 atom stereocenters. The average molecular weight is 191 g/mol. The van der Waals surface area contributed by atoms with E-state index in [1.54, 1.807) is 18.6 Å². The molecule has 14 heavy (non-hydrogen) atoms. The molecule has 1 N–H and O–H groups in total. The Hall–Kier alpha value is -1.22. The summed E-state index contributed by atoms with van der Waals surface area (Å²) in [6.07, 6.45) is 6.12. The summed E-state index contributed by atoms with van der Waals surface area (Å²) in [6, 6.07) is 0.242. The Labute approximate surface area is 85.3 Å². The minimum Gasteiger partial charge on any atom is -0.309 e. The van der Waals surface area contributed by atoms with Crippen molar-refractivity contribution >= 4 is 0 Å². The summed E-state index contributed by atoms with van der Waals surface area (Å²) in [5, 5.41) is 3.37. The Morgan fingerprint density at radius 1 is 1.57 bits per heavy atom. The van der Waals surface area contributed by atoms with E-state index in [0.717, 1.165) is 24.2 Å². The zero-order valence-corrected chi connectivity index (χ0v) is 8.83. The van der Waals surface area contributed by atoms with Crippen molar-refractivity contribution in [1.82, 2.24) is 15.3 Å². The minimum absolute atomic E-state index is 0.242. The van der Waals surface area contributed by atoms with Gasteiger partial charge in [0, 0.05) is 18.6 Å². The van der Waals surface area contributed by atoms with Gasteiger partial charge in [0.1, 0.15) is 0 Å². The van der Waals surface area contributed by atoms with E-state index in [1.807, 2.05) is 6.92 Å². The lowest BCUT2D eigenvalue weighted by atomic mass is 10.1.